The van der Waals surface area contributed by atoms with Gasteiger partial charge in [0.2, 0.25) is 5.91 Å². The minimum Gasteiger partial charge on any atom is -0.452 e. The van der Waals surface area contributed by atoms with Gasteiger partial charge in [-0.15, -0.1) is 0 Å². The van der Waals surface area contributed by atoms with Crippen molar-refractivity contribution in [3.05, 3.63) is 71.0 Å². The molecule has 0 saturated heterocycles. The van der Waals surface area contributed by atoms with Crippen LogP contribution in [0.2, 0.25) is 0 Å². The van der Waals surface area contributed by atoms with E-state index in [1.807, 2.05) is 6.07 Å². The number of hydrogen-bond donors (Lipinski definition) is 1. The molecule has 0 radical (unpaired) electrons. The third-order valence-corrected chi connectivity index (χ3v) is 4.05. The molecule has 8 heteroatoms. The summed E-state index contributed by atoms with van der Waals surface area (Å²) in [5, 5.41) is 11.4. The fourth-order valence-electron chi connectivity index (χ4n) is 2.39. The van der Waals surface area contributed by atoms with Gasteiger partial charge in [0.1, 0.15) is 5.82 Å². The Kier molecular flexibility index (Phi) is 7.86. The highest BCUT2D eigenvalue weighted by Gasteiger charge is 2.18. The second-order valence-electron chi connectivity index (χ2n) is 6.08. The lowest BCUT2D eigenvalue weighted by atomic mass is 10.1. The molecule has 0 aliphatic heterocycles. The van der Waals surface area contributed by atoms with Gasteiger partial charge in [0, 0.05) is 13.1 Å². The maximum absolute atomic E-state index is 12.9. The number of carbonyl (C=O) groups is 3. The lowest BCUT2D eigenvalue weighted by Crippen LogP contribution is -2.42. The van der Waals surface area contributed by atoms with E-state index in [9.17, 15) is 18.8 Å². The topological polar surface area (TPSA) is 99.5 Å². The van der Waals surface area contributed by atoms with Gasteiger partial charge in [-0.25, -0.2) is 9.18 Å². The number of amides is 2. The predicted octanol–water partition coefficient (Wildman–Crippen LogP) is 2.02. The van der Waals surface area contributed by atoms with Crippen molar-refractivity contribution >= 4 is 17.8 Å². The van der Waals surface area contributed by atoms with Gasteiger partial charge in [0.25, 0.3) is 5.91 Å². The van der Waals surface area contributed by atoms with Crippen LogP contribution in [0.5, 0.6) is 0 Å². The van der Waals surface area contributed by atoms with E-state index in [-0.39, 0.29) is 36.9 Å². The van der Waals surface area contributed by atoms with Crippen LogP contribution in [0.25, 0.3) is 0 Å². The number of nitriles is 1. The first-order valence-corrected chi connectivity index (χ1v) is 8.89. The maximum Gasteiger partial charge on any atom is 0.338 e. The Balaban J connectivity index is 1.80. The molecule has 0 spiro atoms. The van der Waals surface area contributed by atoms with E-state index in [4.69, 9.17) is 10.00 Å². The van der Waals surface area contributed by atoms with E-state index in [2.05, 4.69) is 5.32 Å². The number of nitrogens with zero attached hydrogens (tertiary/aromatic N) is 2. The van der Waals surface area contributed by atoms with Crippen molar-refractivity contribution in [1.82, 2.24) is 10.2 Å². The van der Waals surface area contributed by atoms with Gasteiger partial charge >= 0.3 is 5.97 Å². The summed E-state index contributed by atoms with van der Waals surface area (Å²) in [4.78, 5) is 37.5. The van der Waals surface area contributed by atoms with E-state index in [1.165, 1.54) is 41.3 Å². The molecule has 0 aliphatic carbocycles. The summed E-state index contributed by atoms with van der Waals surface area (Å²) < 4.78 is 17.9. The quantitative estimate of drug-likeness (QED) is 0.687. The Morgan fingerprint density at radius 2 is 1.76 bits per heavy atom. The van der Waals surface area contributed by atoms with Gasteiger partial charge < -0.3 is 15.0 Å². The zero-order valence-electron chi connectivity index (χ0n) is 15.9. The first-order chi connectivity index (χ1) is 13.9. The first-order valence-electron chi connectivity index (χ1n) is 8.89. The molecule has 2 aromatic carbocycles. The molecular weight excluding hydrogens is 377 g/mol. The number of esters is 1. The van der Waals surface area contributed by atoms with Crippen LogP contribution in [0.15, 0.2) is 48.5 Å². The number of likely N-dealkylation sites (N-methyl/N-ethyl adjacent to an activating group) is 1. The van der Waals surface area contributed by atoms with Crippen LogP contribution in [-0.4, -0.2) is 42.4 Å². The summed E-state index contributed by atoms with van der Waals surface area (Å²) in [6, 6.07) is 13.5. The molecule has 1 N–H and O–H groups in total. The van der Waals surface area contributed by atoms with Crippen molar-refractivity contribution in [3.8, 4) is 6.07 Å². The van der Waals surface area contributed by atoms with Gasteiger partial charge in [0.15, 0.2) is 6.61 Å². The Labute approximate surface area is 167 Å². The summed E-state index contributed by atoms with van der Waals surface area (Å²) in [6.07, 6.45) is 0. The average molecular weight is 397 g/mol. The first kappa shape index (κ1) is 21.6. The van der Waals surface area contributed by atoms with Gasteiger partial charge in [-0.3, -0.25) is 9.59 Å². The van der Waals surface area contributed by atoms with Crippen LogP contribution >= 0.6 is 0 Å². The van der Waals surface area contributed by atoms with E-state index in [0.717, 1.165) is 5.56 Å². The third-order valence-electron chi connectivity index (χ3n) is 4.05. The van der Waals surface area contributed by atoms with E-state index in [1.54, 1.807) is 19.1 Å². The number of nitrogens with one attached hydrogen (secondary N) is 1. The molecule has 7 nitrogen and oxygen atoms in total. The minimum absolute atomic E-state index is 0.190. The van der Waals surface area contributed by atoms with Crippen molar-refractivity contribution in [3.63, 3.8) is 0 Å². The highest BCUT2D eigenvalue weighted by Crippen LogP contribution is 2.06. The highest BCUT2D eigenvalue weighted by atomic mass is 19.1. The zero-order valence-corrected chi connectivity index (χ0v) is 15.9. The molecule has 0 bridgehead atoms. The number of benzene rings is 2. The lowest BCUT2D eigenvalue weighted by Gasteiger charge is -2.20. The standard InChI is InChI=1S/C21H20FN3O4/c1-2-25(13-19(26)24-12-16-5-9-18(22)10-6-16)20(27)14-29-21(28)17-7-3-15(11-23)4-8-17/h3-10H,2,12-14H2,1H3,(H,24,26). The zero-order chi connectivity index (χ0) is 21.2. The smallest absolute Gasteiger partial charge is 0.338 e. The van der Waals surface area contributed by atoms with Crippen LogP contribution in [0.3, 0.4) is 0 Å². The molecule has 0 aliphatic rings. The molecule has 0 fully saturated rings. The summed E-state index contributed by atoms with van der Waals surface area (Å²) in [5.74, 6) is -1.95. The second-order valence-corrected chi connectivity index (χ2v) is 6.08. The lowest BCUT2D eigenvalue weighted by molar-refractivity contribution is -0.138. The normalized spacial score (nSPS) is 9.97. The number of carbonyl (C=O) groups excluding carboxylic acids is 3. The van der Waals surface area contributed by atoms with E-state index in [0.29, 0.717) is 5.56 Å². The summed E-state index contributed by atoms with van der Waals surface area (Å²) in [7, 11) is 0. The van der Waals surface area contributed by atoms with E-state index < -0.39 is 18.5 Å². The van der Waals surface area contributed by atoms with E-state index >= 15 is 0 Å². The van der Waals surface area contributed by atoms with Crippen LogP contribution in [0.1, 0.15) is 28.4 Å². The van der Waals surface area contributed by atoms with Crippen molar-refractivity contribution in [2.75, 3.05) is 19.7 Å². The second kappa shape index (κ2) is 10.6. The minimum atomic E-state index is -0.695. The largest absolute Gasteiger partial charge is 0.452 e. The van der Waals surface area contributed by atoms with Gasteiger partial charge in [-0.2, -0.15) is 5.26 Å². The van der Waals surface area contributed by atoms with Gasteiger partial charge in [-0.1, -0.05) is 12.1 Å². The molecule has 0 aromatic heterocycles. The fourth-order valence-corrected chi connectivity index (χ4v) is 2.39. The molecule has 2 aromatic rings. The monoisotopic (exact) mass is 397 g/mol. The average Bonchev–Trinajstić information content (AvgIpc) is 2.75. The van der Waals surface area contributed by atoms with Gasteiger partial charge in [-0.05, 0) is 48.9 Å². The Bertz CT molecular complexity index is 905. The van der Waals surface area contributed by atoms with Crippen molar-refractivity contribution in [1.29, 1.82) is 5.26 Å². The molecule has 0 saturated carbocycles. The SMILES string of the molecule is CCN(CC(=O)NCc1ccc(F)cc1)C(=O)COC(=O)c1ccc(C#N)cc1. The Hall–Kier alpha value is -3.73. The Morgan fingerprint density at radius 3 is 2.34 bits per heavy atom. The van der Waals surface area contributed by atoms with Crippen LogP contribution in [0, 0.1) is 17.1 Å². The highest BCUT2D eigenvalue weighted by molar-refractivity contribution is 5.92. The van der Waals surface area contributed by atoms with Crippen molar-refractivity contribution in [2.45, 2.75) is 13.5 Å². The predicted molar refractivity (Wildman–Crippen MR) is 102 cm³/mol. The molecular formula is C21H20FN3O4. The summed E-state index contributed by atoms with van der Waals surface area (Å²) in [6.45, 7) is 1.48. The van der Waals surface area contributed by atoms with Crippen LogP contribution in [0.4, 0.5) is 4.39 Å². The molecule has 0 atom stereocenters. The summed E-state index contributed by atoms with van der Waals surface area (Å²) >= 11 is 0. The molecule has 2 rings (SSSR count). The van der Waals surface area contributed by atoms with Crippen LogP contribution < -0.4 is 5.32 Å². The molecule has 0 unspecified atom stereocenters. The molecule has 2 amide bonds. The molecule has 0 heterocycles. The molecule has 150 valence electrons. The number of rotatable bonds is 8. The number of ether oxygens (including phenoxy) is 1. The maximum atomic E-state index is 12.9. The Morgan fingerprint density at radius 1 is 1.10 bits per heavy atom. The molecule has 29 heavy (non-hydrogen) atoms. The number of hydrogen-bond acceptors (Lipinski definition) is 5. The van der Waals surface area contributed by atoms with Crippen molar-refractivity contribution < 1.29 is 23.5 Å². The number of halogens is 1. The third kappa shape index (κ3) is 6.74. The van der Waals surface area contributed by atoms with Gasteiger partial charge in [0.05, 0.1) is 23.7 Å². The van der Waals surface area contributed by atoms with Crippen LogP contribution in [-0.2, 0) is 20.9 Å². The fraction of sp³-hybridized carbons (Fsp3) is 0.238. The van der Waals surface area contributed by atoms with Crippen molar-refractivity contribution in [2.24, 2.45) is 0 Å². The summed E-state index contributed by atoms with van der Waals surface area (Å²) in [5.41, 5.74) is 1.35.